The van der Waals surface area contributed by atoms with Crippen molar-refractivity contribution in [2.75, 3.05) is 11.9 Å². The maximum Gasteiger partial charge on any atom is 0.288 e. The summed E-state index contributed by atoms with van der Waals surface area (Å²) < 4.78 is 0.632. The highest BCUT2D eigenvalue weighted by Crippen LogP contribution is 2.17. The van der Waals surface area contributed by atoms with Gasteiger partial charge in [0.2, 0.25) is 0 Å². The summed E-state index contributed by atoms with van der Waals surface area (Å²) in [6.07, 6.45) is 1.60. The number of nitrogens with zero attached hydrogens (tertiary/aromatic N) is 2. The number of nitrogens with one attached hydrogen (secondary N) is 1. The van der Waals surface area contributed by atoms with Gasteiger partial charge >= 0.3 is 0 Å². The molecule has 13 heavy (non-hydrogen) atoms. The van der Waals surface area contributed by atoms with Gasteiger partial charge in [-0.3, -0.25) is 4.79 Å². The average Bonchev–Trinajstić information content (AvgIpc) is 2.03. The number of hydrogen-bond donors (Lipinski definition) is 1. The molecule has 0 atom stereocenters. The lowest BCUT2D eigenvalue weighted by Gasteiger charge is -2.17. The summed E-state index contributed by atoms with van der Waals surface area (Å²) in [5, 5.41) is 6.04. The van der Waals surface area contributed by atoms with Gasteiger partial charge in [-0.1, -0.05) is 6.58 Å². The lowest BCUT2D eigenvalue weighted by atomic mass is 10.3. The Morgan fingerprint density at radius 3 is 2.85 bits per heavy atom. The van der Waals surface area contributed by atoms with Crippen molar-refractivity contribution >= 4 is 21.6 Å². The Morgan fingerprint density at radius 1 is 1.77 bits per heavy atom. The fourth-order valence-corrected chi connectivity index (χ4v) is 1.20. The van der Waals surface area contributed by atoms with Crippen LogP contribution in [0.3, 0.4) is 0 Å². The summed E-state index contributed by atoms with van der Waals surface area (Å²) >= 11 is 3.20. The Balaban J connectivity index is 3.28. The van der Waals surface area contributed by atoms with Crippen molar-refractivity contribution in [1.29, 1.82) is 0 Å². The summed E-state index contributed by atoms with van der Waals surface area (Å²) in [6, 6.07) is 0. The summed E-state index contributed by atoms with van der Waals surface area (Å²) in [5.74, 6) is 0. The molecule has 0 fully saturated rings. The second-order valence-electron chi connectivity index (χ2n) is 2.67. The summed E-state index contributed by atoms with van der Waals surface area (Å²) in [7, 11) is 1.76. The molecule has 0 saturated carbocycles. The molecule has 0 amide bonds. The van der Waals surface area contributed by atoms with Crippen LogP contribution in [0.15, 0.2) is 22.2 Å². The molecule has 0 aliphatic heterocycles. The van der Waals surface area contributed by atoms with Gasteiger partial charge in [-0.05, 0) is 28.4 Å². The summed E-state index contributed by atoms with van der Waals surface area (Å²) in [4.78, 5) is 13.0. The SMILES string of the molecule is C=C(Br)N(C)c1c(C)cn[nH]c1=O. The Kier molecular flexibility index (Phi) is 2.87. The second kappa shape index (κ2) is 3.74. The van der Waals surface area contributed by atoms with E-state index in [-0.39, 0.29) is 5.56 Å². The third-order valence-electron chi connectivity index (χ3n) is 1.71. The molecule has 0 saturated heterocycles. The highest BCUT2D eigenvalue weighted by molar-refractivity contribution is 9.11. The van der Waals surface area contributed by atoms with Crippen molar-refractivity contribution in [3.63, 3.8) is 0 Å². The van der Waals surface area contributed by atoms with Crippen LogP contribution in [0.1, 0.15) is 5.56 Å². The lowest BCUT2D eigenvalue weighted by Crippen LogP contribution is -2.23. The summed E-state index contributed by atoms with van der Waals surface area (Å²) in [5.41, 5.74) is 1.15. The number of aromatic amines is 1. The molecule has 1 N–H and O–H groups in total. The topological polar surface area (TPSA) is 49.0 Å². The zero-order chi connectivity index (χ0) is 10.0. The van der Waals surface area contributed by atoms with Crippen molar-refractivity contribution in [3.8, 4) is 0 Å². The van der Waals surface area contributed by atoms with Crippen LogP contribution in [0.5, 0.6) is 0 Å². The predicted molar refractivity (Wildman–Crippen MR) is 56.1 cm³/mol. The first kappa shape index (κ1) is 9.98. The van der Waals surface area contributed by atoms with Gasteiger partial charge in [-0.15, -0.1) is 0 Å². The first-order valence-corrected chi connectivity index (χ1v) is 4.45. The Labute approximate surface area is 84.4 Å². The molecule has 0 aromatic carbocycles. The van der Waals surface area contributed by atoms with E-state index in [1.165, 1.54) is 0 Å². The number of anilines is 1. The number of H-pyrrole nitrogens is 1. The fraction of sp³-hybridized carbons (Fsp3) is 0.250. The van der Waals surface area contributed by atoms with E-state index in [9.17, 15) is 4.79 Å². The number of hydrogen-bond acceptors (Lipinski definition) is 3. The Bertz CT molecular complexity index is 385. The zero-order valence-corrected chi connectivity index (χ0v) is 9.05. The minimum Gasteiger partial charge on any atom is -0.335 e. The number of aromatic nitrogens is 2. The molecule has 0 unspecified atom stereocenters. The molecule has 5 heteroatoms. The summed E-state index contributed by atoms with van der Waals surface area (Å²) in [6.45, 7) is 5.51. The van der Waals surface area contributed by atoms with Gasteiger partial charge in [0.05, 0.1) is 10.8 Å². The number of aryl methyl sites for hydroxylation is 1. The van der Waals surface area contributed by atoms with Crippen LogP contribution in [-0.2, 0) is 0 Å². The number of halogens is 1. The quantitative estimate of drug-likeness (QED) is 0.799. The molecule has 4 nitrogen and oxygen atoms in total. The van der Waals surface area contributed by atoms with Gasteiger partial charge in [0.15, 0.2) is 0 Å². The highest BCUT2D eigenvalue weighted by Gasteiger charge is 2.10. The molecular weight excluding hydrogens is 234 g/mol. The van der Waals surface area contributed by atoms with E-state index in [1.807, 2.05) is 6.92 Å². The van der Waals surface area contributed by atoms with Gasteiger partial charge < -0.3 is 4.90 Å². The van der Waals surface area contributed by atoms with Crippen LogP contribution >= 0.6 is 15.9 Å². The van der Waals surface area contributed by atoms with Gasteiger partial charge in [0.25, 0.3) is 5.56 Å². The van der Waals surface area contributed by atoms with Crippen molar-refractivity contribution in [3.05, 3.63) is 33.3 Å². The van der Waals surface area contributed by atoms with E-state index < -0.39 is 0 Å². The smallest absolute Gasteiger partial charge is 0.288 e. The van der Waals surface area contributed by atoms with Crippen molar-refractivity contribution < 1.29 is 0 Å². The van der Waals surface area contributed by atoms with Crippen LogP contribution < -0.4 is 10.5 Å². The van der Waals surface area contributed by atoms with Gasteiger partial charge in [-0.25, -0.2) is 5.10 Å². The van der Waals surface area contributed by atoms with E-state index in [4.69, 9.17) is 0 Å². The lowest BCUT2D eigenvalue weighted by molar-refractivity contribution is 0.955. The van der Waals surface area contributed by atoms with E-state index in [0.29, 0.717) is 10.3 Å². The molecule has 1 rings (SSSR count). The highest BCUT2D eigenvalue weighted by atomic mass is 79.9. The molecule has 0 aliphatic carbocycles. The monoisotopic (exact) mass is 243 g/mol. The van der Waals surface area contributed by atoms with Crippen LogP contribution in [0.4, 0.5) is 5.69 Å². The van der Waals surface area contributed by atoms with Crippen molar-refractivity contribution in [2.24, 2.45) is 0 Å². The molecule has 0 spiro atoms. The first-order valence-electron chi connectivity index (χ1n) is 3.66. The van der Waals surface area contributed by atoms with Gasteiger partial charge in [0.1, 0.15) is 5.69 Å². The van der Waals surface area contributed by atoms with Crippen LogP contribution in [0.25, 0.3) is 0 Å². The van der Waals surface area contributed by atoms with Crippen LogP contribution in [-0.4, -0.2) is 17.2 Å². The van der Waals surface area contributed by atoms with E-state index >= 15 is 0 Å². The minimum absolute atomic E-state index is 0.219. The fourth-order valence-electron chi connectivity index (χ4n) is 1.02. The molecular formula is C8H10BrN3O. The van der Waals surface area contributed by atoms with E-state index in [1.54, 1.807) is 18.1 Å². The first-order chi connectivity index (χ1) is 6.04. The normalized spacial score (nSPS) is 9.77. The van der Waals surface area contributed by atoms with Gasteiger partial charge in [0, 0.05) is 7.05 Å². The maximum atomic E-state index is 11.4. The molecule has 0 aliphatic rings. The van der Waals surface area contributed by atoms with Crippen LogP contribution in [0, 0.1) is 6.92 Å². The molecule has 1 aromatic heterocycles. The molecule has 1 aromatic rings. The third-order valence-corrected chi connectivity index (χ3v) is 2.24. The standard InChI is InChI=1S/C8H10BrN3O/c1-5-4-10-11-8(13)7(5)12(3)6(2)9/h4H,2H2,1,3H3,(H,11,13). The minimum atomic E-state index is -0.219. The second-order valence-corrected chi connectivity index (χ2v) is 3.58. The Hall–Kier alpha value is -1.10. The molecule has 70 valence electrons. The van der Waals surface area contributed by atoms with E-state index in [2.05, 4.69) is 32.7 Å². The molecule has 0 radical (unpaired) electrons. The largest absolute Gasteiger partial charge is 0.335 e. The average molecular weight is 244 g/mol. The Morgan fingerprint density at radius 2 is 2.38 bits per heavy atom. The molecule has 0 bridgehead atoms. The van der Waals surface area contributed by atoms with E-state index in [0.717, 1.165) is 5.56 Å². The number of rotatable bonds is 2. The van der Waals surface area contributed by atoms with Crippen molar-refractivity contribution in [1.82, 2.24) is 10.2 Å². The van der Waals surface area contributed by atoms with Crippen molar-refractivity contribution in [2.45, 2.75) is 6.92 Å². The predicted octanol–water partition coefficient (Wildman–Crippen LogP) is 1.38. The molecule has 1 heterocycles. The van der Waals surface area contributed by atoms with Crippen LogP contribution in [0.2, 0.25) is 0 Å². The third kappa shape index (κ3) is 1.98. The van der Waals surface area contributed by atoms with Gasteiger partial charge in [-0.2, -0.15) is 5.10 Å². The zero-order valence-electron chi connectivity index (χ0n) is 7.47. The maximum absolute atomic E-state index is 11.4.